The fraction of sp³-hybridized carbons (Fsp3) is 0. The molecule has 0 radical (unpaired) electrons. The molecule has 0 atom stereocenters. The Hall–Kier alpha value is -1.12. The average Bonchev–Trinajstić information content (AvgIpc) is 2.51. The minimum atomic E-state index is -0.877. The molecular weight excluding hydrogens is 267 g/mol. The zero-order chi connectivity index (χ0) is 12.9. The molecule has 2 heteroatoms. The second kappa shape index (κ2) is 7.60. The van der Waals surface area contributed by atoms with E-state index in [9.17, 15) is 0 Å². The van der Waals surface area contributed by atoms with Crippen molar-refractivity contribution in [3.05, 3.63) is 91.0 Å². The molecule has 0 aliphatic heterocycles. The smallest absolute Gasteiger partial charge is 0.219 e. The normalized spacial score (nSPS) is 9.60. The fourth-order valence-electron chi connectivity index (χ4n) is 2.31. The minimum Gasteiger partial charge on any atom is -0.219 e. The predicted molar refractivity (Wildman–Crippen MR) is 84.0 cm³/mol. The molecule has 0 unspecified atom stereocenters. The molecule has 3 aromatic carbocycles. The summed E-state index contributed by atoms with van der Waals surface area (Å²) in [5.74, 6) is 0. The Labute approximate surface area is 144 Å². The molecule has 0 saturated carbocycles. The standard InChI is InChI=1S/C18H15Si.Na/c1-4-10-16(11-5-1)19(17-12-6-2-7-13-17)18-14-8-3-9-15-18;/h1-15H;/q-1;+1. The second-order valence-corrected chi connectivity index (χ2v) is 6.96. The Bertz CT molecular complexity index is 529. The van der Waals surface area contributed by atoms with Crippen LogP contribution >= 0.6 is 0 Å². The van der Waals surface area contributed by atoms with Crippen LogP contribution in [0.2, 0.25) is 0 Å². The van der Waals surface area contributed by atoms with Crippen LogP contribution in [0.5, 0.6) is 0 Å². The van der Waals surface area contributed by atoms with Gasteiger partial charge in [0.25, 0.3) is 0 Å². The molecule has 0 nitrogen and oxygen atoms in total. The van der Waals surface area contributed by atoms with E-state index in [1.54, 1.807) is 0 Å². The predicted octanol–water partition coefficient (Wildman–Crippen LogP) is -0.793. The van der Waals surface area contributed by atoms with Crippen molar-refractivity contribution >= 4 is 24.4 Å². The maximum atomic E-state index is 2.24. The van der Waals surface area contributed by atoms with Crippen LogP contribution in [0.3, 0.4) is 0 Å². The van der Waals surface area contributed by atoms with Crippen molar-refractivity contribution in [2.45, 2.75) is 0 Å². The summed E-state index contributed by atoms with van der Waals surface area (Å²) >= 11 is 0. The zero-order valence-corrected chi connectivity index (χ0v) is 14.7. The minimum absolute atomic E-state index is 0. The van der Waals surface area contributed by atoms with Crippen LogP contribution in [-0.2, 0) is 0 Å². The van der Waals surface area contributed by atoms with Gasteiger partial charge in [-0.25, -0.2) is 8.80 Å². The second-order valence-electron chi connectivity index (χ2n) is 4.47. The first-order valence-electron chi connectivity index (χ1n) is 6.48. The molecule has 92 valence electrons. The molecule has 0 spiro atoms. The first kappa shape index (κ1) is 15.3. The maximum absolute atomic E-state index is 2.24. The summed E-state index contributed by atoms with van der Waals surface area (Å²) in [6.45, 7) is 0. The molecular formula is C18H15NaSi. The molecule has 0 heterocycles. The number of rotatable bonds is 3. The van der Waals surface area contributed by atoms with Crippen molar-refractivity contribution in [3.63, 3.8) is 0 Å². The van der Waals surface area contributed by atoms with Gasteiger partial charge in [0.1, 0.15) is 0 Å². The average molecular weight is 282 g/mol. The summed E-state index contributed by atoms with van der Waals surface area (Å²) in [4.78, 5) is 0. The maximum Gasteiger partial charge on any atom is 1.00 e. The fourth-order valence-corrected chi connectivity index (χ4v) is 4.89. The molecule has 3 aromatic rings. The van der Waals surface area contributed by atoms with Gasteiger partial charge in [0.05, 0.1) is 0 Å². The van der Waals surface area contributed by atoms with E-state index in [4.69, 9.17) is 0 Å². The molecule has 20 heavy (non-hydrogen) atoms. The monoisotopic (exact) mass is 282 g/mol. The molecule has 3 rings (SSSR count). The van der Waals surface area contributed by atoms with Crippen LogP contribution in [0.25, 0.3) is 0 Å². The molecule has 0 saturated heterocycles. The van der Waals surface area contributed by atoms with Gasteiger partial charge >= 0.3 is 29.6 Å². The van der Waals surface area contributed by atoms with Gasteiger partial charge in [0.2, 0.25) is 0 Å². The summed E-state index contributed by atoms with van der Waals surface area (Å²) in [5, 5.41) is 4.31. The Morgan fingerprint density at radius 1 is 0.400 bits per heavy atom. The van der Waals surface area contributed by atoms with Gasteiger partial charge in [-0.05, 0) is 0 Å². The number of benzene rings is 3. The number of hydrogen-bond donors (Lipinski definition) is 0. The van der Waals surface area contributed by atoms with Crippen LogP contribution in [-0.4, -0.2) is 8.80 Å². The van der Waals surface area contributed by atoms with Crippen LogP contribution in [0.4, 0.5) is 0 Å². The Morgan fingerprint density at radius 2 is 0.650 bits per heavy atom. The van der Waals surface area contributed by atoms with Gasteiger partial charge in [0, 0.05) is 0 Å². The van der Waals surface area contributed by atoms with Crippen molar-refractivity contribution in [2.24, 2.45) is 0 Å². The quantitative estimate of drug-likeness (QED) is 0.436. The molecule has 0 aromatic heterocycles. The molecule has 0 amide bonds. The van der Waals surface area contributed by atoms with Gasteiger partial charge in [-0.1, -0.05) is 91.0 Å². The van der Waals surface area contributed by atoms with E-state index in [2.05, 4.69) is 91.0 Å². The Kier molecular flexibility index (Phi) is 5.81. The van der Waals surface area contributed by atoms with Crippen LogP contribution in [0, 0.1) is 0 Å². The summed E-state index contributed by atoms with van der Waals surface area (Å²) in [7, 11) is -0.877. The van der Waals surface area contributed by atoms with Crippen LogP contribution in [0.15, 0.2) is 91.0 Å². The molecule has 0 aliphatic rings. The Balaban J connectivity index is 0.00000147. The molecule has 0 aliphatic carbocycles. The van der Waals surface area contributed by atoms with E-state index >= 15 is 0 Å². The van der Waals surface area contributed by atoms with E-state index in [0.717, 1.165) is 0 Å². The van der Waals surface area contributed by atoms with E-state index in [1.165, 1.54) is 15.6 Å². The summed E-state index contributed by atoms with van der Waals surface area (Å²) in [5.41, 5.74) is 0. The van der Waals surface area contributed by atoms with E-state index in [0.29, 0.717) is 0 Å². The first-order valence-corrected chi connectivity index (χ1v) is 7.98. The van der Waals surface area contributed by atoms with Crippen molar-refractivity contribution in [1.29, 1.82) is 0 Å². The SMILES string of the molecule is [Na+].c1ccc([Si-](c2ccccc2)c2ccccc2)cc1. The van der Waals surface area contributed by atoms with Gasteiger partial charge in [-0.3, -0.25) is 0 Å². The largest absolute Gasteiger partial charge is 1.00 e. The first-order chi connectivity index (χ1) is 9.45. The topological polar surface area (TPSA) is 0 Å². The third-order valence-corrected chi connectivity index (χ3v) is 5.92. The summed E-state index contributed by atoms with van der Waals surface area (Å²) < 4.78 is 0. The van der Waals surface area contributed by atoms with E-state index in [-0.39, 0.29) is 29.6 Å². The van der Waals surface area contributed by atoms with Gasteiger partial charge in [-0.15, -0.1) is 0 Å². The van der Waals surface area contributed by atoms with Gasteiger partial charge < -0.3 is 0 Å². The summed E-state index contributed by atoms with van der Waals surface area (Å²) in [6, 6.07) is 32.5. The van der Waals surface area contributed by atoms with Gasteiger partial charge in [-0.2, -0.15) is 15.6 Å². The van der Waals surface area contributed by atoms with Crippen LogP contribution in [0.1, 0.15) is 0 Å². The number of hydrogen-bond acceptors (Lipinski definition) is 0. The van der Waals surface area contributed by atoms with E-state index < -0.39 is 8.80 Å². The third kappa shape index (κ3) is 3.50. The molecule has 0 bridgehead atoms. The van der Waals surface area contributed by atoms with E-state index in [1.807, 2.05) is 0 Å². The Morgan fingerprint density at radius 3 is 0.900 bits per heavy atom. The van der Waals surface area contributed by atoms with Crippen molar-refractivity contribution in [2.75, 3.05) is 0 Å². The van der Waals surface area contributed by atoms with Crippen molar-refractivity contribution < 1.29 is 29.6 Å². The third-order valence-electron chi connectivity index (χ3n) is 3.19. The van der Waals surface area contributed by atoms with Crippen molar-refractivity contribution in [1.82, 2.24) is 0 Å². The van der Waals surface area contributed by atoms with Gasteiger partial charge in [0.15, 0.2) is 0 Å². The summed E-state index contributed by atoms with van der Waals surface area (Å²) in [6.07, 6.45) is 0. The van der Waals surface area contributed by atoms with Crippen molar-refractivity contribution in [3.8, 4) is 0 Å². The van der Waals surface area contributed by atoms with Crippen LogP contribution < -0.4 is 45.1 Å². The zero-order valence-electron chi connectivity index (χ0n) is 11.7. The molecule has 0 N–H and O–H groups in total. The molecule has 0 fully saturated rings.